The number of amides is 2. The zero-order valence-electron chi connectivity index (χ0n) is 17.1. The number of aromatic amines is 1. The van der Waals surface area contributed by atoms with Crippen molar-refractivity contribution < 1.29 is 9.59 Å². The van der Waals surface area contributed by atoms with Gasteiger partial charge >= 0.3 is 0 Å². The van der Waals surface area contributed by atoms with Gasteiger partial charge in [-0.2, -0.15) is 5.10 Å². The molecule has 0 bridgehead atoms. The SMILES string of the molecule is CN1CC[C@]2(C(=O)N3CCCC3)CCCN(C(=O)c3n[nH]c4ccccc34)[C@H]2C1. The Balaban J connectivity index is 1.51. The first-order valence-corrected chi connectivity index (χ1v) is 10.8. The molecule has 2 aromatic rings. The minimum absolute atomic E-state index is 0.0546. The first-order chi connectivity index (χ1) is 14.1. The van der Waals surface area contributed by atoms with Crippen LogP contribution < -0.4 is 0 Å². The van der Waals surface area contributed by atoms with E-state index in [2.05, 4.69) is 27.0 Å². The van der Waals surface area contributed by atoms with Gasteiger partial charge < -0.3 is 14.7 Å². The molecule has 3 saturated heterocycles. The maximum atomic E-state index is 13.7. The van der Waals surface area contributed by atoms with Gasteiger partial charge in [-0.3, -0.25) is 14.7 Å². The minimum atomic E-state index is -0.448. The fourth-order valence-corrected chi connectivity index (χ4v) is 5.62. The molecule has 0 radical (unpaired) electrons. The van der Waals surface area contributed by atoms with Gasteiger partial charge in [-0.25, -0.2) is 0 Å². The Bertz CT molecular complexity index is 934. The molecule has 3 fully saturated rings. The quantitative estimate of drug-likeness (QED) is 0.845. The van der Waals surface area contributed by atoms with Gasteiger partial charge in [0, 0.05) is 31.6 Å². The van der Waals surface area contributed by atoms with Crippen molar-refractivity contribution in [2.45, 2.75) is 38.1 Å². The number of carbonyl (C=O) groups excluding carboxylic acids is 2. The summed E-state index contributed by atoms with van der Waals surface area (Å²) in [6.07, 6.45) is 4.76. The number of fused-ring (bicyclic) bond motifs is 2. The molecule has 0 saturated carbocycles. The fourth-order valence-electron chi connectivity index (χ4n) is 5.62. The van der Waals surface area contributed by atoms with Gasteiger partial charge in [0.2, 0.25) is 5.91 Å². The highest BCUT2D eigenvalue weighted by Gasteiger charge is 2.55. The van der Waals surface area contributed by atoms with Crippen LogP contribution in [0.2, 0.25) is 0 Å². The van der Waals surface area contributed by atoms with Crippen molar-refractivity contribution in [3.63, 3.8) is 0 Å². The Morgan fingerprint density at radius 2 is 1.86 bits per heavy atom. The molecule has 29 heavy (non-hydrogen) atoms. The van der Waals surface area contributed by atoms with Gasteiger partial charge in [-0.15, -0.1) is 0 Å². The highest BCUT2D eigenvalue weighted by atomic mass is 16.2. The number of likely N-dealkylation sites (tertiary alicyclic amines) is 3. The van der Waals surface area contributed by atoms with E-state index in [1.165, 1.54) is 0 Å². The average Bonchev–Trinajstić information content (AvgIpc) is 3.42. The second kappa shape index (κ2) is 7.13. The lowest BCUT2D eigenvalue weighted by molar-refractivity contribution is -0.152. The van der Waals surface area contributed by atoms with E-state index in [-0.39, 0.29) is 17.9 Å². The number of H-pyrrole nitrogens is 1. The number of nitrogens with one attached hydrogen (secondary N) is 1. The van der Waals surface area contributed by atoms with E-state index < -0.39 is 5.41 Å². The second-order valence-electron chi connectivity index (χ2n) is 8.90. The molecule has 2 atom stereocenters. The van der Waals surface area contributed by atoms with Crippen LogP contribution in [0.4, 0.5) is 0 Å². The molecule has 0 spiro atoms. The number of benzene rings is 1. The van der Waals surface area contributed by atoms with Gasteiger partial charge in [0.25, 0.3) is 5.91 Å². The summed E-state index contributed by atoms with van der Waals surface area (Å²) in [4.78, 5) is 33.6. The van der Waals surface area contributed by atoms with Crippen LogP contribution in [0, 0.1) is 5.41 Å². The molecule has 5 rings (SSSR count). The second-order valence-corrected chi connectivity index (χ2v) is 8.90. The third kappa shape index (κ3) is 2.94. The van der Waals surface area contributed by atoms with Gasteiger partial charge in [-0.1, -0.05) is 18.2 Å². The predicted molar refractivity (Wildman–Crippen MR) is 111 cm³/mol. The first kappa shape index (κ1) is 18.6. The fraction of sp³-hybridized carbons (Fsp3) is 0.591. The minimum Gasteiger partial charge on any atom is -0.342 e. The molecule has 7 heteroatoms. The summed E-state index contributed by atoms with van der Waals surface area (Å²) in [5.74, 6) is 0.221. The largest absolute Gasteiger partial charge is 0.342 e. The topological polar surface area (TPSA) is 72.5 Å². The molecule has 2 amide bonds. The van der Waals surface area contributed by atoms with E-state index in [1.54, 1.807) is 0 Å². The molecule has 1 aromatic heterocycles. The first-order valence-electron chi connectivity index (χ1n) is 10.8. The van der Waals surface area contributed by atoms with Gasteiger partial charge in [-0.05, 0) is 51.8 Å². The van der Waals surface area contributed by atoms with Crippen molar-refractivity contribution in [1.29, 1.82) is 0 Å². The summed E-state index contributed by atoms with van der Waals surface area (Å²) in [6.45, 7) is 4.06. The Hall–Kier alpha value is -2.41. The van der Waals surface area contributed by atoms with Crippen LogP contribution in [0.15, 0.2) is 24.3 Å². The number of aromatic nitrogens is 2. The number of likely N-dealkylation sites (N-methyl/N-ethyl adjacent to an activating group) is 1. The molecule has 154 valence electrons. The molecule has 0 aliphatic carbocycles. The lowest BCUT2D eigenvalue weighted by Gasteiger charge is -2.54. The number of carbonyl (C=O) groups is 2. The van der Waals surface area contributed by atoms with E-state index in [4.69, 9.17) is 0 Å². The number of hydrogen-bond acceptors (Lipinski definition) is 4. The summed E-state index contributed by atoms with van der Waals surface area (Å²) < 4.78 is 0. The van der Waals surface area contributed by atoms with Crippen LogP contribution in [0.5, 0.6) is 0 Å². The van der Waals surface area contributed by atoms with E-state index in [0.717, 1.165) is 69.2 Å². The molecule has 1 aromatic carbocycles. The molecular weight excluding hydrogens is 366 g/mol. The number of rotatable bonds is 2. The smallest absolute Gasteiger partial charge is 0.275 e. The Morgan fingerprint density at radius 1 is 1.07 bits per heavy atom. The monoisotopic (exact) mass is 395 g/mol. The van der Waals surface area contributed by atoms with Crippen molar-refractivity contribution >= 4 is 22.7 Å². The van der Waals surface area contributed by atoms with E-state index in [9.17, 15) is 9.59 Å². The molecule has 3 aliphatic heterocycles. The van der Waals surface area contributed by atoms with Crippen LogP contribution in [-0.2, 0) is 4.79 Å². The zero-order chi connectivity index (χ0) is 20.0. The average molecular weight is 396 g/mol. The highest BCUT2D eigenvalue weighted by Crippen LogP contribution is 2.44. The van der Waals surface area contributed by atoms with Crippen LogP contribution in [0.25, 0.3) is 10.9 Å². The van der Waals surface area contributed by atoms with E-state index >= 15 is 0 Å². The third-order valence-electron chi connectivity index (χ3n) is 7.21. The summed E-state index contributed by atoms with van der Waals surface area (Å²) in [5, 5.41) is 8.18. The Labute approximate surface area is 171 Å². The molecular formula is C22H29N5O2. The van der Waals surface area contributed by atoms with Gasteiger partial charge in [0.05, 0.1) is 17.0 Å². The van der Waals surface area contributed by atoms with Gasteiger partial charge in [0.1, 0.15) is 0 Å². The lowest BCUT2D eigenvalue weighted by Crippen LogP contribution is -2.66. The number of piperidine rings is 2. The van der Waals surface area contributed by atoms with Crippen LogP contribution in [0.3, 0.4) is 0 Å². The highest BCUT2D eigenvalue weighted by molar-refractivity contribution is 6.05. The summed E-state index contributed by atoms with van der Waals surface area (Å²) >= 11 is 0. The van der Waals surface area contributed by atoms with Gasteiger partial charge in [0.15, 0.2) is 5.69 Å². The van der Waals surface area contributed by atoms with Crippen molar-refractivity contribution in [1.82, 2.24) is 24.9 Å². The molecule has 7 nitrogen and oxygen atoms in total. The summed E-state index contributed by atoms with van der Waals surface area (Å²) in [5.41, 5.74) is 0.892. The van der Waals surface area contributed by atoms with Crippen LogP contribution >= 0.6 is 0 Å². The third-order valence-corrected chi connectivity index (χ3v) is 7.21. The predicted octanol–water partition coefficient (Wildman–Crippen LogP) is 2.11. The molecule has 4 heterocycles. The number of hydrogen-bond donors (Lipinski definition) is 1. The Morgan fingerprint density at radius 3 is 2.69 bits per heavy atom. The standard InChI is InChI=1S/C22H29N5O2/c1-25-14-10-22(21(29)26-11-4-5-12-26)9-6-13-27(18(22)15-25)20(28)19-16-7-2-3-8-17(16)23-24-19/h2-3,7-8,18H,4-6,9-15H2,1H3,(H,23,24)/t18-,22+/m0/s1. The van der Waals surface area contributed by atoms with E-state index in [0.29, 0.717) is 12.2 Å². The zero-order valence-corrected chi connectivity index (χ0v) is 17.1. The van der Waals surface area contributed by atoms with Crippen LogP contribution in [-0.4, -0.2) is 82.5 Å². The summed E-state index contributed by atoms with van der Waals surface area (Å²) in [6, 6.07) is 7.65. The normalized spacial score (nSPS) is 28.0. The van der Waals surface area contributed by atoms with Crippen LogP contribution in [0.1, 0.15) is 42.6 Å². The molecule has 0 unspecified atom stereocenters. The lowest BCUT2D eigenvalue weighted by atomic mass is 9.67. The van der Waals surface area contributed by atoms with Crippen molar-refractivity contribution in [3.8, 4) is 0 Å². The Kier molecular flexibility index (Phi) is 4.57. The van der Waals surface area contributed by atoms with E-state index in [1.807, 2.05) is 29.2 Å². The van der Waals surface area contributed by atoms with Crippen molar-refractivity contribution in [2.75, 3.05) is 39.8 Å². The number of para-hydroxylation sites is 1. The molecule has 3 aliphatic rings. The maximum absolute atomic E-state index is 13.7. The van der Waals surface area contributed by atoms with Crippen molar-refractivity contribution in [3.05, 3.63) is 30.0 Å². The number of nitrogens with zero attached hydrogens (tertiary/aromatic N) is 4. The van der Waals surface area contributed by atoms with Crippen molar-refractivity contribution in [2.24, 2.45) is 5.41 Å². The molecule has 1 N–H and O–H groups in total. The summed E-state index contributed by atoms with van der Waals surface area (Å²) in [7, 11) is 2.09. The maximum Gasteiger partial charge on any atom is 0.275 e.